The zero-order chi connectivity index (χ0) is 14.4. The van der Waals surface area contributed by atoms with Crippen LogP contribution in [0.5, 0.6) is 0 Å². The Morgan fingerprint density at radius 3 is 2.21 bits per heavy atom. The molecule has 19 heavy (non-hydrogen) atoms. The Hall–Kier alpha value is -1.59. The number of amides is 2. The molecule has 108 valence electrons. The Morgan fingerprint density at radius 2 is 1.79 bits per heavy atom. The molecule has 0 radical (unpaired) electrons. The van der Waals surface area contributed by atoms with Crippen LogP contribution >= 0.6 is 0 Å². The summed E-state index contributed by atoms with van der Waals surface area (Å²) in [5.41, 5.74) is 0. The lowest BCUT2D eigenvalue weighted by Gasteiger charge is -2.24. The number of aliphatic carboxylic acids is 1. The largest absolute Gasteiger partial charge is 0.480 e. The van der Waals surface area contributed by atoms with E-state index < -0.39 is 24.0 Å². The first kappa shape index (κ1) is 15.5. The molecule has 0 aromatic rings. The molecule has 1 saturated carbocycles. The van der Waals surface area contributed by atoms with Gasteiger partial charge in [-0.05, 0) is 25.2 Å². The molecule has 2 atom stereocenters. The summed E-state index contributed by atoms with van der Waals surface area (Å²) in [7, 11) is 0. The monoisotopic (exact) mass is 270 g/mol. The fraction of sp³-hybridized carbons (Fsp3) is 0.769. The van der Waals surface area contributed by atoms with Gasteiger partial charge in [-0.3, -0.25) is 9.59 Å². The molecule has 0 heterocycles. The molecule has 2 amide bonds. The van der Waals surface area contributed by atoms with E-state index >= 15 is 0 Å². The maximum Gasteiger partial charge on any atom is 0.326 e. The molecule has 0 aliphatic heterocycles. The van der Waals surface area contributed by atoms with E-state index in [1.807, 2.05) is 0 Å². The van der Waals surface area contributed by atoms with Crippen molar-refractivity contribution >= 4 is 17.8 Å². The van der Waals surface area contributed by atoms with Gasteiger partial charge < -0.3 is 15.7 Å². The smallest absolute Gasteiger partial charge is 0.326 e. The fourth-order valence-corrected chi connectivity index (χ4v) is 2.51. The van der Waals surface area contributed by atoms with Crippen molar-refractivity contribution in [2.75, 3.05) is 0 Å². The van der Waals surface area contributed by atoms with Crippen molar-refractivity contribution in [3.63, 3.8) is 0 Å². The highest BCUT2D eigenvalue weighted by Crippen LogP contribution is 2.28. The summed E-state index contributed by atoms with van der Waals surface area (Å²) in [4.78, 5) is 34.3. The number of hydrogen-bond acceptors (Lipinski definition) is 3. The van der Waals surface area contributed by atoms with Gasteiger partial charge in [-0.2, -0.15) is 0 Å². The van der Waals surface area contributed by atoms with Crippen LogP contribution in [0, 0.1) is 5.92 Å². The summed E-state index contributed by atoms with van der Waals surface area (Å²) < 4.78 is 0. The van der Waals surface area contributed by atoms with Gasteiger partial charge in [0.1, 0.15) is 12.1 Å². The molecule has 1 rings (SSSR count). The van der Waals surface area contributed by atoms with E-state index in [1.54, 1.807) is 6.92 Å². The third-order valence-electron chi connectivity index (χ3n) is 3.54. The number of rotatable bonds is 6. The number of carbonyl (C=O) groups is 3. The average Bonchev–Trinajstić information content (AvgIpc) is 2.85. The number of carboxylic acids is 1. The Morgan fingerprint density at radius 1 is 1.21 bits per heavy atom. The van der Waals surface area contributed by atoms with Crippen molar-refractivity contribution in [1.29, 1.82) is 0 Å². The maximum atomic E-state index is 12.2. The molecule has 0 saturated heterocycles. The third kappa shape index (κ3) is 4.54. The first-order valence-corrected chi connectivity index (χ1v) is 6.76. The number of nitrogens with one attached hydrogen (secondary N) is 2. The van der Waals surface area contributed by atoms with Gasteiger partial charge in [-0.25, -0.2) is 4.79 Å². The molecule has 6 nitrogen and oxygen atoms in total. The van der Waals surface area contributed by atoms with E-state index in [2.05, 4.69) is 10.6 Å². The summed E-state index contributed by atoms with van der Waals surface area (Å²) in [5.74, 6) is -1.61. The molecule has 6 heteroatoms. The molecule has 3 N–H and O–H groups in total. The zero-order valence-electron chi connectivity index (χ0n) is 11.4. The Bertz CT molecular complexity index is 351. The first-order chi connectivity index (χ1) is 8.95. The van der Waals surface area contributed by atoms with E-state index in [4.69, 9.17) is 5.11 Å². The molecule has 0 bridgehead atoms. The topological polar surface area (TPSA) is 95.5 Å². The van der Waals surface area contributed by atoms with Crippen LogP contribution in [0.2, 0.25) is 0 Å². The highest BCUT2D eigenvalue weighted by Gasteiger charge is 2.33. The van der Waals surface area contributed by atoms with Crippen LogP contribution in [0.1, 0.15) is 46.0 Å². The SMILES string of the molecule is CCC(NC(=O)C(NC(C)=O)C1CCCC1)C(=O)O. The maximum absolute atomic E-state index is 12.2. The highest BCUT2D eigenvalue weighted by atomic mass is 16.4. The van der Waals surface area contributed by atoms with Gasteiger partial charge in [0.15, 0.2) is 0 Å². The van der Waals surface area contributed by atoms with Crippen LogP contribution in [-0.4, -0.2) is 35.0 Å². The van der Waals surface area contributed by atoms with E-state index in [0.717, 1.165) is 25.7 Å². The van der Waals surface area contributed by atoms with Crippen LogP contribution in [0.25, 0.3) is 0 Å². The number of hydrogen-bond donors (Lipinski definition) is 3. The van der Waals surface area contributed by atoms with Crippen LogP contribution < -0.4 is 10.6 Å². The van der Waals surface area contributed by atoms with Crippen molar-refractivity contribution in [1.82, 2.24) is 10.6 Å². The summed E-state index contributed by atoms with van der Waals surface area (Å²) in [6.45, 7) is 3.06. The number of carbonyl (C=O) groups excluding carboxylic acids is 2. The van der Waals surface area contributed by atoms with Gasteiger partial charge in [-0.15, -0.1) is 0 Å². The van der Waals surface area contributed by atoms with Crippen molar-refractivity contribution in [2.24, 2.45) is 5.92 Å². The van der Waals surface area contributed by atoms with Gasteiger partial charge >= 0.3 is 5.97 Å². The second-order valence-electron chi connectivity index (χ2n) is 5.03. The molecular weight excluding hydrogens is 248 g/mol. The van der Waals surface area contributed by atoms with Gasteiger partial charge in [-0.1, -0.05) is 19.8 Å². The molecule has 1 aliphatic carbocycles. The standard InChI is InChI=1S/C13H22N2O4/c1-3-10(13(18)19)15-12(17)11(14-8(2)16)9-6-4-5-7-9/h9-11H,3-7H2,1-2H3,(H,14,16)(H,15,17)(H,18,19). The Kier molecular flexibility index (Phi) is 5.79. The molecular formula is C13H22N2O4. The normalized spacial score (nSPS) is 18.6. The fourth-order valence-electron chi connectivity index (χ4n) is 2.51. The van der Waals surface area contributed by atoms with E-state index in [0.29, 0.717) is 6.42 Å². The van der Waals surface area contributed by atoms with Gasteiger partial charge in [0, 0.05) is 6.92 Å². The van der Waals surface area contributed by atoms with Crippen LogP contribution in [-0.2, 0) is 14.4 Å². The minimum atomic E-state index is -1.05. The second kappa shape index (κ2) is 7.11. The molecule has 0 aromatic heterocycles. The predicted octanol–water partition coefficient (Wildman–Crippen LogP) is 0.661. The van der Waals surface area contributed by atoms with Crippen molar-refractivity contribution in [3.05, 3.63) is 0 Å². The van der Waals surface area contributed by atoms with Crippen LogP contribution in [0.15, 0.2) is 0 Å². The summed E-state index contributed by atoms with van der Waals surface area (Å²) >= 11 is 0. The van der Waals surface area contributed by atoms with Crippen LogP contribution in [0.4, 0.5) is 0 Å². The van der Waals surface area contributed by atoms with Crippen molar-refractivity contribution in [2.45, 2.75) is 58.0 Å². The lowest BCUT2D eigenvalue weighted by molar-refractivity contribution is -0.142. The lowest BCUT2D eigenvalue weighted by atomic mass is 9.96. The van der Waals surface area contributed by atoms with Gasteiger partial charge in [0.2, 0.25) is 11.8 Å². The number of carboxylic acid groups (broad SMARTS) is 1. The molecule has 0 aromatic carbocycles. The lowest BCUT2D eigenvalue weighted by Crippen LogP contribution is -2.53. The van der Waals surface area contributed by atoms with Crippen molar-refractivity contribution in [3.8, 4) is 0 Å². The van der Waals surface area contributed by atoms with E-state index in [1.165, 1.54) is 6.92 Å². The molecule has 1 aliphatic rings. The first-order valence-electron chi connectivity index (χ1n) is 6.76. The summed E-state index contributed by atoms with van der Waals surface area (Å²) in [5, 5.41) is 14.1. The molecule has 2 unspecified atom stereocenters. The summed E-state index contributed by atoms with van der Waals surface area (Å²) in [6.07, 6.45) is 4.19. The molecule has 1 fully saturated rings. The van der Waals surface area contributed by atoms with Gasteiger partial charge in [0.25, 0.3) is 0 Å². The quantitative estimate of drug-likeness (QED) is 0.660. The molecule has 0 spiro atoms. The highest BCUT2D eigenvalue weighted by molar-refractivity contribution is 5.90. The van der Waals surface area contributed by atoms with Gasteiger partial charge in [0.05, 0.1) is 0 Å². The van der Waals surface area contributed by atoms with Crippen LogP contribution in [0.3, 0.4) is 0 Å². The van der Waals surface area contributed by atoms with E-state index in [9.17, 15) is 14.4 Å². The predicted molar refractivity (Wildman–Crippen MR) is 69.4 cm³/mol. The summed E-state index contributed by atoms with van der Waals surface area (Å²) in [6, 6.07) is -1.52. The Labute approximate surface area is 112 Å². The minimum absolute atomic E-state index is 0.107. The van der Waals surface area contributed by atoms with E-state index in [-0.39, 0.29) is 11.8 Å². The average molecular weight is 270 g/mol. The third-order valence-corrected chi connectivity index (χ3v) is 3.54. The Balaban J connectivity index is 2.70. The second-order valence-corrected chi connectivity index (χ2v) is 5.03. The minimum Gasteiger partial charge on any atom is -0.480 e. The zero-order valence-corrected chi connectivity index (χ0v) is 11.4. The van der Waals surface area contributed by atoms with Crippen molar-refractivity contribution < 1.29 is 19.5 Å².